The number of benzene rings is 1. The van der Waals surface area contributed by atoms with Crippen molar-refractivity contribution >= 4 is 11.0 Å². The lowest BCUT2D eigenvalue weighted by Crippen LogP contribution is -2.06. The van der Waals surface area contributed by atoms with Gasteiger partial charge >= 0.3 is 6.18 Å². The van der Waals surface area contributed by atoms with E-state index in [-0.39, 0.29) is 11.9 Å². The summed E-state index contributed by atoms with van der Waals surface area (Å²) in [4.78, 5) is 22.0. The van der Waals surface area contributed by atoms with E-state index in [1.807, 2.05) is 6.07 Å². The van der Waals surface area contributed by atoms with Crippen molar-refractivity contribution in [3.05, 3.63) is 60.1 Å². The van der Waals surface area contributed by atoms with Crippen molar-refractivity contribution in [3.63, 3.8) is 0 Å². The number of aromatic nitrogens is 8. The van der Waals surface area contributed by atoms with Crippen molar-refractivity contribution in [1.29, 1.82) is 0 Å². The van der Waals surface area contributed by atoms with Crippen LogP contribution in [0.2, 0.25) is 0 Å². The van der Waals surface area contributed by atoms with E-state index in [4.69, 9.17) is 14.5 Å². The van der Waals surface area contributed by atoms with Gasteiger partial charge in [-0.2, -0.15) is 18.3 Å². The van der Waals surface area contributed by atoms with E-state index in [1.54, 1.807) is 50.2 Å². The van der Waals surface area contributed by atoms with E-state index in [2.05, 4.69) is 25.0 Å². The Morgan fingerprint density at radius 2 is 1.83 bits per heavy atom. The molecule has 0 aliphatic heterocycles. The van der Waals surface area contributed by atoms with Crippen LogP contribution in [0.5, 0.6) is 11.6 Å². The van der Waals surface area contributed by atoms with Crippen LogP contribution in [0.15, 0.2) is 43.1 Å². The van der Waals surface area contributed by atoms with Crippen molar-refractivity contribution in [1.82, 2.24) is 39.3 Å². The van der Waals surface area contributed by atoms with Gasteiger partial charge in [0.15, 0.2) is 17.2 Å². The number of hydrogen-bond acceptors (Lipinski definition) is 8. The Balaban J connectivity index is 1.37. The van der Waals surface area contributed by atoms with Crippen LogP contribution in [-0.4, -0.2) is 53.5 Å². The number of rotatable bonds is 8. The van der Waals surface area contributed by atoms with Gasteiger partial charge in [0, 0.05) is 24.4 Å². The van der Waals surface area contributed by atoms with Crippen LogP contribution in [0, 0.1) is 0 Å². The SMILES string of the molecule is COc1cc(Cn2ncc3cnc(-c4c(OC)ncnc4C4CC4)nc32)ccc1-c1nc(C(F)(F)F)cn1C(C)C. The van der Waals surface area contributed by atoms with Crippen molar-refractivity contribution in [3.8, 4) is 34.4 Å². The fourth-order valence-corrected chi connectivity index (χ4v) is 4.83. The number of nitrogens with zero attached hydrogens (tertiary/aromatic N) is 8. The number of fused-ring (bicyclic) bond motifs is 1. The largest absolute Gasteiger partial charge is 0.496 e. The van der Waals surface area contributed by atoms with Crippen molar-refractivity contribution in [2.75, 3.05) is 14.2 Å². The fraction of sp³-hybridized carbons (Fsp3) is 0.357. The van der Waals surface area contributed by atoms with Gasteiger partial charge in [-0.3, -0.25) is 0 Å². The van der Waals surface area contributed by atoms with E-state index in [9.17, 15) is 13.2 Å². The maximum absolute atomic E-state index is 13.4. The van der Waals surface area contributed by atoms with E-state index in [0.29, 0.717) is 46.7 Å². The van der Waals surface area contributed by atoms with Gasteiger partial charge in [0.25, 0.3) is 0 Å². The second kappa shape index (κ2) is 10.1. The summed E-state index contributed by atoms with van der Waals surface area (Å²) in [5.74, 6) is 1.78. The van der Waals surface area contributed by atoms with Crippen LogP contribution in [0.1, 0.15) is 55.6 Å². The molecule has 1 saturated carbocycles. The summed E-state index contributed by atoms with van der Waals surface area (Å²) in [5, 5.41) is 5.26. The fourth-order valence-electron chi connectivity index (χ4n) is 4.83. The molecule has 4 aromatic heterocycles. The molecule has 6 rings (SSSR count). The van der Waals surface area contributed by atoms with Gasteiger partial charge in [-0.1, -0.05) is 6.07 Å². The molecule has 1 fully saturated rings. The maximum Gasteiger partial charge on any atom is 0.434 e. The predicted molar refractivity (Wildman–Crippen MR) is 144 cm³/mol. The molecule has 13 heteroatoms. The lowest BCUT2D eigenvalue weighted by molar-refractivity contribution is -0.140. The zero-order chi connectivity index (χ0) is 28.9. The highest BCUT2D eigenvalue weighted by molar-refractivity contribution is 5.77. The average Bonchev–Trinajstić information content (AvgIpc) is 3.57. The molecule has 4 heterocycles. The Bertz CT molecular complexity index is 1740. The van der Waals surface area contributed by atoms with E-state index in [0.717, 1.165) is 35.7 Å². The second-order valence-corrected chi connectivity index (χ2v) is 10.2. The predicted octanol–water partition coefficient (Wildman–Crippen LogP) is 5.69. The first kappa shape index (κ1) is 26.7. The van der Waals surface area contributed by atoms with Crippen LogP contribution in [-0.2, 0) is 12.7 Å². The summed E-state index contributed by atoms with van der Waals surface area (Å²) in [7, 11) is 3.03. The molecule has 0 bridgehead atoms. The standard InChI is InChI=1S/C28H27F3N8O2/c1-15(2)38-13-21(28(29,30)31)36-26(38)19-8-5-16(9-20(19)40-3)12-39-25-18(11-35-39)10-32-24(37-25)22-23(17-6-7-17)33-14-34-27(22)41-4/h5,8-11,13-15,17H,6-7,12H2,1-4H3. The summed E-state index contributed by atoms with van der Waals surface area (Å²) in [5.41, 5.74) is 2.48. The molecule has 0 unspecified atom stereocenters. The van der Waals surface area contributed by atoms with Crippen molar-refractivity contribution in [2.45, 2.75) is 51.4 Å². The molecule has 0 N–H and O–H groups in total. The Morgan fingerprint density at radius 1 is 1.02 bits per heavy atom. The van der Waals surface area contributed by atoms with Crippen LogP contribution in [0.3, 0.4) is 0 Å². The molecule has 1 aliphatic rings. The summed E-state index contributed by atoms with van der Waals surface area (Å²) in [6.07, 6.45) is 3.44. The third kappa shape index (κ3) is 4.96. The molecule has 41 heavy (non-hydrogen) atoms. The molecule has 1 aliphatic carbocycles. The third-order valence-electron chi connectivity index (χ3n) is 7.02. The minimum absolute atomic E-state index is 0.183. The number of halogens is 3. The number of hydrogen-bond donors (Lipinski definition) is 0. The zero-order valence-corrected chi connectivity index (χ0v) is 22.8. The summed E-state index contributed by atoms with van der Waals surface area (Å²) in [6, 6.07) is 5.07. The van der Waals surface area contributed by atoms with Crippen molar-refractivity contribution < 1.29 is 22.6 Å². The molecule has 0 radical (unpaired) electrons. The van der Waals surface area contributed by atoms with Crippen molar-refractivity contribution in [2.24, 2.45) is 0 Å². The molecule has 0 atom stereocenters. The lowest BCUT2D eigenvalue weighted by Gasteiger charge is -2.15. The second-order valence-electron chi connectivity index (χ2n) is 10.2. The normalized spacial score (nSPS) is 13.8. The first-order chi connectivity index (χ1) is 19.7. The molecule has 0 saturated heterocycles. The summed E-state index contributed by atoms with van der Waals surface area (Å²) < 4.78 is 54.7. The Labute approximate surface area is 233 Å². The average molecular weight is 565 g/mol. The smallest absolute Gasteiger partial charge is 0.434 e. The molecule has 212 valence electrons. The zero-order valence-electron chi connectivity index (χ0n) is 22.8. The van der Waals surface area contributed by atoms with Gasteiger partial charge in [-0.25, -0.2) is 29.6 Å². The first-order valence-electron chi connectivity index (χ1n) is 13.1. The number of alkyl halides is 3. The van der Waals surface area contributed by atoms with Gasteiger partial charge in [0.05, 0.1) is 43.6 Å². The molecule has 1 aromatic carbocycles. The highest BCUT2D eigenvalue weighted by Crippen LogP contribution is 2.45. The van der Waals surface area contributed by atoms with Gasteiger partial charge in [-0.15, -0.1) is 0 Å². The summed E-state index contributed by atoms with van der Waals surface area (Å²) >= 11 is 0. The van der Waals surface area contributed by atoms with Gasteiger partial charge < -0.3 is 14.0 Å². The quantitative estimate of drug-likeness (QED) is 0.237. The molecular weight excluding hydrogens is 537 g/mol. The Kier molecular flexibility index (Phi) is 6.59. The first-order valence-corrected chi connectivity index (χ1v) is 13.1. The number of ether oxygens (including phenoxy) is 2. The summed E-state index contributed by atoms with van der Waals surface area (Å²) in [6.45, 7) is 3.94. The molecule has 0 amide bonds. The van der Waals surface area contributed by atoms with Gasteiger partial charge in [0.2, 0.25) is 5.88 Å². The van der Waals surface area contributed by atoms with E-state index >= 15 is 0 Å². The topological polar surface area (TPSA) is 106 Å². The minimum Gasteiger partial charge on any atom is -0.496 e. The monoisotopic (exact) mass is 564 g/mol. The van der Waals surface area contributed by atoms with Crippen LogP contribution < -0.4 is 9.47 Å². The third-order valence-corrected chi connectivity index (χ3v) is 7.02. The van der Waals surface area contributed by atoms with Crippen LogP contribution >= 0.6 is 0 Å². The molecule has 10 nitrogen and oxygen atoms in total. The van der Waals surface area contributed by atoms with E-state index < -0.39 is 11.9 Å². The number of methoxy groups -OCH3 is 2. The Hall–Kier alpha value is -4.55. The number of imidazole rings is 1. The van der Waals surface area contributed by atoms with E-state index in [1.165, 1.54) is 18.0 Å². The highest BCUT2D eigenvalue weighted by atomic mass is 19.4. The molecular formula is C28H27F3N8O2. The minimum atomic E-state index is -4.56. The van der Waals surface area contributed by atoms with Crippen LogP contribution in [0.4, 0.5) is 13.2 Å². The molecule has 5 aromatic rings. The molecule has 0 spiro atoms. The van der Waals surface area contributed by atoms with Gasteiger partial charge in [0.1, 0.15) is 23.5 Å². The Morgan fingerprint density at radius 3 is 2.51 bits per heavy atom. The van der Waals surface area contributed by atoms with Gasteiger partial charge in [-0.05, 0) is 44.4 Å². The van der Waals surface area contributed by atoms with Crippen LogP contribution in [0.25, 0.3) is 33.8 Å². The highest BCUT2D eigenvalue weighted by Gasteiger charge is 2.36. The lowest BCUT2D eigenvalue weighted by atomic mass is 10.1. The maximum atomic E-state index is 13.4.